The van der Waals surface area contributed by atoms with Crippen LogP contribution in [-0.2, 0) is 6.61 Å². The molecule has 0 bridgehead atoms. The summed E-state index contributed by atoms with van der Waals surface area (Å²) in [5.41, 5.74) is 0.503. The number of halogens is 1. The number of aliphatic hydroxyl groups excluding tert-OH is 1. The predicted molar refractivity (Wildman–Crippen MR) is 44.9 cm³/mol. The van der Waals surface area contributed by atoms with Crippen LogP contribution in [-0.4, -0.2) is 10.1 Å². The van der Waals surface area contributed by atoms with E-state index in [4.69, 9.17) is 21.1 Å². The first-order valence-corrected chi connectivity index (χ1v) is 3.82. The Morgan fingerprint density at radius 1 is 1.50 bits per heavy atom. The zero-order valence-electron chi connectivity index (χ0n) is 6.12. The molecule has 12 heavy (non-hydrogen) atoms. The van der Waals surface area contributed by atoms with E-state index in [1.54, 1.807) is 12.1 Å². The largest absolute Gasteiger partial charge is 0.440 e. The van der Waals surface area contributed by atoms with Gasteiger partial charge in [-0.1, -0.05) is 11.6 Å². The summed E-state index contributed by atoms with van der Waals surface area (Å²) in [5.74, 6) is 0.500. The third-order valence-corrected chi connectivity index (χ3v) is 1.75. The summed E-state index contributed by atoms with van der Waals surface area (Å²) >= 11 is 5.70. The molecule has 0 aliphatic rings. The minimum atomic E-state index is -0.117. The minimum Gasteiger partial charge on any atom is -0.440 e. The molecule has 1 N–H and O–H groups in total. The standard InChI is InChI=1S/C8H6ClNO2/c9-6-1-5-2-7(4-11)12-8(5)10-3-6/h1-3,11H,4H2. The molecule has 0 fully saturated rings. The van der Waals surface area contributed by atoms with E-state index in [0.717, 1.165) is 5.39 Å². The fraction of sp³-hybridized carbons (Fsp3) is 0.125. The molecule has 3 nitrogen and oxygen atoms in total. The fourth-order valence-corrected chi connectivity index (χ4v) is 1.20. The van der Waals surface area contributed by atoms with Crippen molar-refractivity contribution in [3.63, 3.8) is 0 Å². The molecule has 2 rings (SSSR count). The lowest BCUT2D eigenvalue weighted by molar-refractivity contribution is 0.250. The van der Waals surface area contributed by atoms with E-state index >= 15 is 0 Å². The SMILES string of the molecule is OCc1cc2cc(Cl)cnc2o1. The average molecular weight is 184 g/mol. The van der Waals surface area contributed by atoms with Crippen molar-refractivity contribution in [2.45, 2.75) is 6.61 Å². The van der Waals surface area contributed by atoms with Gasteiger partial charge in [0, 0.05) is 11.6 Å². The van der Waals surface area contributed by atoms with Gasteiger partial charge in [-0.15, -0.1) is 0 Å². The van der Waals surface area contributed by atoms with Crippen molar-refractivity contribution in [2.75, 3.05) is 0 Å². The topological polar surface area (TPSA) is 46.3 Å². The second kappa shape index (κ2) is 2.77. The van der Waals surface area contributed by atoms with Crippen LogP contribution >= 0.6 is 11.6 Å². The van der Waals surface area contributed by atoms with E-state index in [-0.39, 0.29) is 6.61 Å². The molecule has 0 unspecified atom stereocenters. The highest BCUT2D eigenvalue weighted by Crippen LogP contribution is 2.20. The van der Waals surface area contributed by atoms with Gasteiger partial charge >= 0.3 is 0 Å². The van der Waals surface area contributed by atoms with E-state index in [9.17, 15) is 0 Å². The van der Waals surface area contributed by atoms with Gasteiger partial charge < -0.3 is 9.52 Å². The number of rotatable bonds is 1. The second-order valence-corrected chi connectivity index (χ2v) is 2.86. The lowest BCUT2D eigenvalue weighted by Gasteiger charge is -1.86. The first-order chi connectivity index (χ1) is 5.79. The Kier molecular flexibility index (Phi) is 1.75. The first kappa shape index (κ1) is 7.58. The number of aromatic nitrogens is 1. The van der Waals surface area contributed by atoms with E-state index in [1.165, 1.54) is 6.20 Å². The molecule has 0 aliphatic carbocycles. The number of hydrogen-bond donors (Lipinski definition) is 1. The maximum atomic E-state index is 8.75. The van der Waals surface area contributed by atoms with Crippen LogP contribution in [0.5, 0.6) is 0 Å². The highest BCUT2D eigenvalue weighted by Gasteiger charge is 2.03. The summed E-state index contributed by atoms with van der Waals surface area (Å²) < 4.78 is 5.15. The van der Waals surface area contributed by atoms with Crippen LogP contribution in [0.4, 0.5) is 0 Å². The Morgan fingerprint density at radius 3 is 3.08 bits per heavy atom. The smallest absolute Gasteiger partial charge is 0.226 e. The summed E-state index contributed by atoms with van der Waals surface area (Å²) in [6.45, 7) is -0.117. The number of nitrogens with zero attached hydrogens (tertiary/aromatic N) is 1. The number of pyridine rings is 1. The summed E-state index contributed by atoms with van der Waals surface area (Å²) in [5, 5.41) is 10.1. The van der Waals surface area contributed by atoms with Crippen LogP contribution in [0.3, 0.4) is 0 Å². The monoisotopic (exact) mass is 183 g/mol. The van der Waals surface area contributed by atoms with Gasteiger partial charge in [0.15, 0.2) is 0 Å². The van der Waals surface area contributed by atoms with Crippen LogP contribution in [0, 0.1) is 0 Å². The normalized spacial score (nSPS) is 10.8. The van der Waals surface area contributed by atoms with Crippen molar-refractivity contribution < 1.29 is 9.52 Å². The molecular formula is C8H6ClNO2. The van der Waals surface area contributed by atoms with Crippen LogP contribution in [0.25, 0.3) is 11.1 Å². The number of aliphatic hydroxyl groups is 1. The van der Waals surface area contributed by atoms with Crippen LogP contribution < -0.4 is 0 Å². The summed E-state index contributed by atoms with van der Waals surface area (Å²) in [4.78, 5) is 3.94. The minimum absolute atomic E-state index is 0.117. The Labute approximate surface area is 73.6 Å². The Morgan fingerprint density at radius 2 is 2.33 bits per heavy atom. The van der Waals surface area contributed by atoms with Crippen molar-refractivity contribution in [3.05, 3.63) is 29.1 Å². The molecule has 62 valence electrons. The third kappa shape index (κ3) is 1.17. The Balaban J connectivity index is 2.67. The van der Waals surface area contributed by atoms with Gasteiger partial charge in [-0.05, 0) is 12.1 Å². The number of hydrogen-bond acceptors (Lipinski definition) is 3. The molecule has 2 aromatic rings. The fourth-order valence-electron chi connectivity index (χ4n) is 1.04. The molecule has 0 atom stereocenters. The first-order valence-electron chi connectivity index (χ1n) is 3.44. The van der Waals surface area contributed by atoms with Gasteiger partial charge in [-0.25, -0.2) is 4.98 Å². The highest BCUT2D eigenvalue weighted by atomic mass is 35.5. The van der Waals surface area contributed by atoms with Crippen molar-refractivity contribution in [1.29, 1.82) is 0 Å². The lowest BCUT2D eigenvalue weighted by atomic mass is 10.3. The molecule has 0 radical (unpaired) electrons. The maximum absolute atomic E-state index is 8.75. The molecular weight excluding hydrogens is 178 g/mol. The molecule has 0 saturated heterocycles. The molecule has 0 amide bonds. The Bertz CT molecular complexity index is 410. The molecule has 4 heteroatoms. The maximum Gasteiger partial charge on any atom is 0.226 e. The molecule has 0 aliphatic heterocycles. The number of furan rings is 1. The number of fused-ring (bicyclic) bond motifs is 1. The van der Waals surface area contributed by atoms with Crippen LogP contribution in [0.2, 0.25) is 5.02 Å². The molecule has 0 aromatic carbocycles. The molecule has 2 aromatic heterocycles. The summed E-state index contributed by atoms with van der Waals surface area (Å²) in [6.07, 6.45) is 1.51. The third-order valence-electron chi connectivity index (χ3n) is 1.55. The molecule has 0 saturated carbocycles. The zero-order valence-corrected chi connectivity index (χ0v) is 6.88. The zero-order chi connectivity index (χ0) is 8.55. The van der Waals surface area contributed by atoms with Crippen LogP contribution in [0.15, 0.2) is 22.7 Å². The quantitative estimate of drug-likeness (QED) is 0.735. The average Bonchev–Trinajstić information content (AvgIpc) is 2.46. The van der Waals surface area contributed by atoms with E-state index < -0.39 is 0 Å². The molecule has 0 spiro atoms. The van der Waals surface area contributed by atoms with Crippen molar-refractivity contribution >= 4 is 22.7 Å². The lowest BCUT2D eigenvalue weighted by Crippen LogP contribution is -1.73. The van der Waals surface area contributed by atoms with Gasteiger partial charge in [0.2, 0.25) is 5.71 Å². The van der Waals surface area contributed by atoms with Crippen molar-refractivity contribution in [1.82, 2.24) is 4.98 Å². The van der Waals surface area contributed by atoms with Gasteiger partial charge in [0.05, 0.1) is 5.02 Å². The van der Waals surface area contributed by atoms with Gasteiger partial charge in [-0.2, -0.15) is 0 Å². The van der Waals surface area contributed by atoms with E-state index in [1.807, 2.05) is 0 Å². The van der Waals surface area contributed by atoms with Gasteiger partial charge in [-0.3, -0.25) is 0 Å². The predicted octanol–water partition coefficient (Wildman–Crippen LogP) is 1.97. The van der Waals surface area contributed by atoms with Gasteiger partial charge in [0.1, 0.15) is 12.4 Å². The van der Waals surface area contributed by atoms with E-state index in [0.29, 0.717) is 16.5 Å². The van der Waals surface area contributed by atoms with Crippen molar-refractivity contribution in [3.8, 4) is 0 Å². The van der Waals surface area contributed by atoms with Crippen molar-refractivity contribution in [2.24, 2.45) is 0 Å². The van der Waals surface area contributed by atoms with Gasteiger partial charge in [0.25, 0.3) is 0 Å². The van der Waals surface area contributed by atoms with E-state index in [2.05, 4.69) is 4.98 Å². The summed E-state index contributed by atoms with van der Waals surface area (Å²) in [7, 11) is 0. The Hall–Kier alpha value is -1.06. The second-order valence-electron chi connectivity index (χ2n) is 2.42. The van der Waals surface area contributed by atoms with Crippen LogP contribution in [0.1, 0.15) is 5.76 Å². The summed E-state index contributed by atoms with van der Waals surface area (Å²) in [6, 6.07) is 3.46. The highest BCUT2D eigenvalue weighted by molar-refractivity contribution is 6.31. The molecule has 2 heterocycles.